The van der Waals surface area contributed by atoms with Crippen LogP contribution in [-0.2, 0) is 28.6 Å². The van der Waals surface area contributed by atoms with E-state index in [2.05, 4.69) is 51.2 Å². The van der Waals surface area contributed by atoms with E-state index in [9.17, 15) is 14.4 Å². The van der Waals surface area contributed by atoms with Crippen molar-refractivity contribution in [3.05, 3.63) is 85.1 Å². The molecule has 6 heteroatoms. The number of ether oxygens (including phenoxy) is 3. The molecule has 0 aromatic carbocycles. The highest BCUT2D eigenvalue weighted by atomic mass is 16.6. The first-order valence-corrected chi connectivity index (χ1v) is 27.2. The summed E-state index contributed by atoms with van der Waals surface area (Å²) < 4.78 is 16.7. The van der Waals surface area contributed by atoms with Crippen molar-refractivity contribution < 1.29 is 28.6 Å². The Morgan fingerprint density at radius 3 is 1.17 bits per heavy atom. The molecule has 0 heterocycles. The van der Waals surface area contributed by atoms with Crippen LogP contribution in [0.3, 0.4) is 0 Å². The van der Waals surface area contributed by atoms with Gasteiger partial charge in [-0.3, -0.25) is 14.4 Å². The van der Waals surface area contributed by atoms with E-state index in [1.807, 2.05) is 54.7 Å². The van der Waals surface area contributed by atoms with E-state index in [0.717, 1.165) is 57.8 Å². The molecule has 0 aromatic heterocycles. The van der Waals surface area contributed by atoms with Gasteiger partial charge in [-0.25, -0.2) is 0 Å². The number of rotatable bonds is 48. The highest BCUT2D eigenvalue weighted by Crippen LogP contribution is 2.16. The fourth-order valence-electron chi connectivity index (χ4n) is 7.46. The molecule has 0 aromatic rings. The smallest absolute Gasteiger partial charge is 0.306 e. The van der Waals surface area contributed by atoms with Gasteiger partial charge < -0.3 is 14.2 Å². The Hall–Kier alpha value is -3.41. The summed E-state index contributed by atoms with van der Waals surface area (Å²) in [5, 5.41) is 0. The molecule has 0 aliphatic rings. The number of hydrogen-bond acceptors (Lipinski definition) is 6. The molecule has 0 aliphatic carbocycles. The molecule has 0 bridgehead atoms. The van der Waals surface area contributed by atoms with Crippen molar-refractivity contribution in [3.63, 3.8) is 0 Å². The predicted octanol–water partition coefficient (Wildman–Crippen LogP) is 18.0. The Kier molecular flexibility index (Phi) is 50.4. The van der Waals surface area contributed by atoms with Crippen LogP contribution in [0.5, 0.6) is 0 Å². The molecule has 65 heavy (non-hydrogen) atoms. The normalized spacial score (nSPS) is 12.7. The molecular formula is C59H100O6. The van der Waals surface area contributed by atoms with Crippen LogP contribution in [-0.4, -0.2) is 37.2 Å². The van der Waals surface area contributed by atoms with Crippen molar-refractivity contribution in [1.82, 2.24) is 0 Å². The lowest BCUT2D eigenvalue weighted by molar-refractivity contribution is -0.166. The lowest BCUT2D eigenvalue weighted by atomic mass is 10.0. The van der Waals surface area contributed by atoms with Crippen molar-refractivity contribution in [3.8, 4) is 0 Å². The zero-order chi connectivity index (χ0) is 47.2. The molecule has 0 saturated heterocycles. The molecular weight excluding hydrogens is 805 g/mol. The molecule has 0 aliphatic heterocycles. The lowest BCUT2D eigenvalue weighted by Gasteiger charge is -2.18. The summed E-state index contributed by atoms with van der Waals surface area (Å²) in [6.45, 7) is 6.41. The average molecular weight is 905 g/mol. The third-order valence-corrected chi connectivity index (χ3v) is 11.5. The molecule has 0 amide bonds. The summed E-state index contributed by atoms with van der Waals surface area (Å²) >= 11 is 0. The van der Waals surface area contributed by atoms with E-state index in [-0.39, 0.29) is 44.0 Å². The second kappa shape index (κ2) is 53.2. The summed E-state index contributed by atoms with van der Waals surface area (Å²) in [6, 6.07) is 0. The van der Waals surface area contributed by atoms with Gasteiger partial charge in [-0.2, -0.15) is 0 Å². The predicted molar refractivity (Wildman–Crippen MR) is 279 cm³/mol. The lowest BCUT2D eigenvalue weighted by Crippen LogP contribution is -2.30. The van der Waals surface area contributed by atoms with Gasteiger partial charge in [0.2, 0.25) is 0 Å². The second-order valence-corrected chi connectivity index (χ2v) is 17.9. The largest absolute Gasteiger partial charge is 0.462 e. The first-order chi connectivity index (χ1) is 32.0. The van der Waals surface area contributed by atoms with E-state index >= 15 is 0 Å². The molecule has 0 radical (unpaired) electrons. The number of carbonyl (C=O) groups excluding carboxylic acids is 3. The SMILES string of the molecule is CC\C=C/C=C\C=C/C=C\C=C/CCCCCC(=O)OC(COC(=O)CC/C=C\C/C=C\CCCCCCCC)COC(=O)CCCCCCCCCCCCCCCCCCCCC. The maximum atomic E-state index is 12.8. The number of allylic oxidation sites excluding steroid dienone is 14. The van der Waals surface area contributed by atoms with Gasteiger partial charge in [0, 0.05) is 19.3 Å². The summed E-state index contributed by atoms with van der Waals surface area (Å²) in [7, 11) is 0. The van der Waals surface area contributed by atoms with Crippen LogP contribution in [0, 0.1) is 0 Å². The fraction of sp³-hybridized carbons (Fsp3) is 0.712. The Labute approximate surface area is 401 Å². The van der Waals surface area contributed by atoms with Gasteiger partial charge in [0.1, 0.15) is 13.2 Å². The van der Waals surface area contributed by atoms with Crippen molar-refractivity contribution >= 4 is 17.9 Å². The maximum Gasteiger partial charge on any atom is 0.306 e. The van der Waals surface area contributed by atoms with Crippen LogP contribution in [0.1, 0.15) is 252 Å². The van der Waals surface area contributed by atoms with E-state index in [4.69, 9.17) is 14.2 Å². The molecule has 0 spiro atoms. The summed E-state index contributed by atoms with van der Waals surface area (Å²) in [6.07, 6.45) is 68.7. The molecule has 372 valence electrons. The molecule has 0 fully saturated rings. The molecule has 6 nitrogen and oxygen atoms in total. The Balaban J connectivity index is 4.45. The minimum Gasteiger partial charge on any atom is -0.462 e. The summed E-state index contributed by atoms with van der Waals surface area (Å²) in [5.74, 6) is -1.02. The summed E-state index contributed by atoms with van der Waals surface area (Å²) in [4.78, 5) is 38.0. The Bertz CT molecular complexity index is 1270. The monoisotopic (exact) mass is 905 g/mol. The van der Waals surface area contributed by atoms with E-state index in [0.29, 0.717) is 19.3 Å². The molecule has 1 unspecified atom stereocenters. The Morgan fingerprint density at radius 1 is 0.338 bits per heavy atom. The third kappa shape index (κ3) is 51.4. The van der Waals surface area contributed by atoms with Gasteiger partial charge in [0.25, 0.3) is 0 Å². The van der Waals surface area contributed by atoms with Crippen molar-refractivity contribution in [2.75, 3.05) is 13.2 Å². The van der Waals surface area contributed by atoms with Crippen LogP contribution in [0.4, 0.5) is 0 Å². The second-order valence-electron chi connectivity index (χ2n) is 17.9. The van der Waals surface area contributed by atoms with E-state index < -0.39 is 6.10 Å². The van der Waals surface area contributed by atoms with Crippen LogP contribution in [0.15, 0.2) is 85.1 Å². The minimum absolute atomic E-state index is 0.109. The highest BCUT2D eigenvalue weighted by Gasteiger charge is 2.19. The minimum atomic E-state index is -0.820. The standard InChI is InChI=1S/C59H100O6/c1-4-7-10-13-16-19-22-25-27-28-29-30-32-34-37-40-43-46-49-52-58(61)64-55-56(54-63-57(60)51-48-45-42-39-36-33-24-21-18-15-12-9-6-3)65-59(62)53-50-47-44-41-38-35-31-26-23-20-17-14-11-8-5-2/h8,11,14,17,20,23,26,31,33,35-36,38,42,45,56H,4-7,9-10,12-13,15-16,18-19,21-22,24-25,27-30,32,34,37,39-41,43-44,46-55H2,1-3H3/b11-8-,17-14-,23-20-,31-26-,36-33-,38-35-,45-42-. The van der Waals surface area contributed by atoms with Crippen molar-refractivity contribution in [2.24, 2.45) is 0 Å². The van der Waals surface area contributed by atoms with Gasteiger partial charge in [-0.05, 0) is 57.8 Å². The highest BCUT2D eigenvalue weighted by molar-refractivity contribution is 5.71. The van der Waals surface area contributed by atoms with Gasteiger partial charge in [0.15, 0.2) is 6.10 Å². The quantitative estimate of drug-likeness (QED) is 0.0199. The van der Waals surface area contributed by atoms with Crippen molar-refractivity contribution in [2.45, 2.75) is 258 Å². The Morgan fingerprint density at radius 2 is 0.692 bits per heavy atom. The van der Waals surface area contributed by atoms with Gasteiger partial charge in [0.05, 0.1) is 0 Å². The molecule has 0 N–H and O–H groups in total. The van der Waals surface area contributed by atoms with Crippen molar-refractivity contribution in [1.29, 1.82) is 0 Å². The van der Waals surface area contributed by atoms with E-state index in [1.54, 1.807) is 0 Å². The van der Waals surface area contributed by atoms with Crippen LogP contribution in [0.2, 0.25) is 0 Å². The van der Waals surface area contributed by atoms with E-state index in [1.165, 1.54) is 141 Å². The first kappa shape index (κ1) is 61.6. The molecule has 0 rings (SSSR count). The number of esters is 3. The molecule has 1 atom stereocenters. The number of unbranched alkanes of at least 4 members (excludes halogenated alkanes) is 27. The number of hydrogen-bond donors (Lipinski definition) is 0. The van der Waals surface area contributed by atoms with Crippen LogP contribution < -0.4 is 0 Å². The fourth-order valence-corrected chi connectivity index (χ4v) is 7.46. The topological polar surface area (TPSA) is 78.9 Å². The third-order valence-electron chi connectivity index (χ3n) is 11.5. The summed E-state index contributed by atoms with van der Waals surface area (Å²) in [5.41, 5.74) is 0. The van der Waals surface area contributed by atoms with Crippen LogP contribution in [0.25, 0.3) is 0 Å². The first-order valence-electron chi connectivity index (χ1n) is 27.2. The zero-order valence-electron chi connectivity index (χ0n) is 42.5. The average Bonchev–Trinajstić information content (AvgIpc) is 3.30. The molecule has 0 saturated carbocycles. The van der Waals surface area contributed by atoms with Gasteiger partial charge in [-0.15, -0.1) is 0 Å². The number of carbonyl (C=O) groups is 3. The zero-order valence-corrected chi connectivity index (χ0v) is 42.5. The van der Waals surface area contributed by atoms with Gasteiger partial charge in [-0.1, -0.05) is 260 Å². The van der Waals surface area contributed by atoms with Crippen LogP contribution >= 0.6 is 0 Å². The van der Waals surface area contributed by atoms with Gasteiger partial charge >= 0.3 is 17.9 Å². The maximum absolute atomic E-state index is 12.8.